The Morgan fingerprint density at radius 3 is 1.88 bits per heavy atom. The molecule has 2 nitrogen and oxygen atoms in total. The zero-order chi connectivity index (χ0) is 12.6. The smallest absolute Gasteiger partial charge is 0.378 e. The summed E-state index contributed by atoms with van der Waals surface area (Å²) in [6.45, 7) is -1.10. The summed E-state index contributed by atoms with van der Waals surface area (Å²) in [7, 11) is 0. The van der Waals surface area contributed by atoms with Crippen molar-refractivity contribution < 1.29 is 35.5 Å². The number of halogens is 8. The van der Waals surface area contributed by atoms with Crippen molar-refractivity contribution in [1.82, 2.24) is 5.32 Å². The first-order chi connectivity index (χ1) is 7.11. The van der Waals surface area contributed by atoms with Crippen molar-refractivity contribution in [2.45, 2.75) is 24.1 Å². The number of morpholine rings is 1. The second-order valence-corrected chi connectivity index (χ2v) is 3.28. The summed E-state index contributed by atoms with van der Waals surface area (Å²) in [5.74, 6) is -11.3. The fourth-order valence-corrected chi connectivity index (χ4v) is 1.21. The van der Waals surface area contributed by atoms with Gasteiger partial charge in [0.2, 0.25) is 0 Å². The van der Waals surface area contributed by atoms with E-state index < -0.39 is 30.7 Å². The Morgan fingerprint density at radius 1 is 1.00 bits per heavy atom. The maximum Gasteiger partial charge on any atom is 0.459 e. The van der Waals surface area contributed by atoms with Gasteiger partial charge in [0.1, 0.15) is 6.04 Å². The molecule has 0 bridgehead atoms. The van der Waals surface area contributed by atoms with Crippen molar-refractivity contribution in [2.24, 2.45) is 0 Å². The van der Waals surface area contributed by atoms with Crippen LogP contribution in [0.3, 0.4) is 0 Å². The summed E-state index contributed by atoms with van der Waals surface area (Å²) in [5.41, 5.74) is 0. The molecule has 10 heteroatoms. The Hall–Kier alpha value is -0.280. The van der Waals surface area contributed by atoms with Gasteiger partial charge in [0.05, 0.1) is 13.2 Å². The number of ether oxygens (including phenoxy) is 1. The first kappa shape index (κ1) is 16.7. The standard InChI is InChI=1S/C7H8F7NO.ClH/c8-5(9,4-3-16-2-1-15-4)6(10,11)7(12,13)14;/h4,15H,1-3H2;1H/t4-;/m0./s1. The van der Waals surface area contributed by atoms with Crippen LogP contribution in [0.1, 0.15) is 0 Å². The number of hydrogen-bond acceptors (Lipinski definition) is 2. The van der Waals surface area contributed by atoms with Gasteiger partial charge in [-0.3, -0.25) is 0 Å². The molecule has 1 saturated heterocycles. The van der Waals surface area contributed by atoms with Crippen LogP contribution in [0.5, 0.6) is 0 Å². The van der Waals surface area contributed by atoms with Gasteiger partial charge in [0, 0.05) is 6.54 Å². The molecule has 0 radical (unpaired) electrons. The number of hydrogen-bond donors (Lipinski definition) is 1. The molecule has 0 spiro atoms. The Morgan fingerprint density at radius 2 is 1.53 bits per heavy atom. The molecule has 0 aromatic carbocycles. The second-order valence-electron chi connectivity index (χ2n) is 3.28. The van der Waals surface area contributed by atoms with Crippen LogP contribution in [-0.2, 0) is 4.74 Å². The first-order valence-corrected chi connectivity index (χ1v) is 4.24. The highest BCUT2D eigenvalue weighted by molar-refractivity contribution is 5.85. The zero-order valence-electron chi connectivity index (χ0n) is 8.16. The molecule has 1 heterocycles. The van der Waals surface area contributed by atoms with E-state index in [-0.39, 0.29) is 25.6 Å². The molecule has 0 unspecified atom stereocenters. The molecule has 1 N–H and O–H groups in total. The maximum absolute atomic E-state index is 13.0. The van der Waals surface area contributed by atoms with Gasteiger partial charge in [-0.1, -0.05) is 0 Å². The lowest BCUT2D eigenvalue weighted by Crippen LogP contribution is -2.64. The van der Waals surface area contributed by atoms with Gasteiger partial charge in [-0.15, -0.1) is 12.4 Å². The van der Waals surface area contributed by atoms with Crippen molar-refractivity contribution in [3.8, 4) is 0 Å². The van der Waals surface area contributed by atoms with Crippen LogP contribution in [0.15, 0.2) is 0 Å². The highest BCUT2D eigenvalue weighted by atomic mass is 35.5. The molecule has 0 saturated carbocycles. The average Bonchev–Trinajstić information content (AvgIpc) is 2.17. The molecule has 1 atom stereocenters. The van der Waals surface area contributed by atoms with Gasteiger partial charge in [-0.2, -0.15) is 30.7 Å². The number of rotatable bonds is 2. The van der Waals surface area contributed by atoms with E-state index in [4.69, 9.17) is 0 Å². The molecular weight excluding hydrogens is 283 g/mol. The Bertz CT molecular complexity index is 251. The van der Waals surface area contributed by atoms with Crippen LogP contribution in [0.25, 0.3) is 0 Å². The summed E-state index contributed by atoms with van der Waals surface area (Å²) in [4.78, 5) is 0. The Balaban J connectivity index is 0.00000256. The monoisotopic (exact) mass is 291 g/mol. The van der Waals surface area contributed by atoms with Crippen LogP contribution in [0.4, 0.5) is 30.7 Å². The Labute approximate surface area is 97.9 Å². The fraction of sp³-hybridized carbons (Fsp3) is 1.00. The summed E-state index contributed by atoms with van der Waals surface area (Å²) < 4.78 is 90.8. The van der Waals surface area contributed by atoms with Gasteiger partial charge in [0.25, 0.3) is 0 Å². The van der Waals surface area contributed by atoms with Gasteiger partial charge in [0.15, 0.2) is 0 Å². The molecular formula is C7H9ClF7NO. The summed E-state index contributed by atoms with van der Waals surface area (Å²) in [6, 6.07) is -2.35. The van der Waals surface area contributed by atoms with E-state index >= 15 is 0 Å². The molecule has 0 aliphatic carbocycles. The van der Waals surface area contributed by atoms with E-state index in [0.717, 1.165) is 0 Å². The van der Waals surface area contributed by atoms with Crippen LogP contribution < -0.4 is 5.32 Å². The highest BCUT2D eigenvalue weighted by Crippen LogP contribution is 2.48. The number of nitrogens with one attached hydrogen (secondary N) is 1. The normalized spacial score (nSPS) is 23.1. The molecule has 1 rings (SSSR count). The molecule has 0 amide bonds. The van der Waals surface area contributed by atoms with Crippen molar-refractivity contribution in [3.05, 3.63) is 0 Å². The minimum Gasteiger partial charge on any atom is -0.378 e. The van der Waals surface area contributed by atoms with E-state index in [1.807, 2.05) is 5.32 Å². The molecule has 1 aliphatic rings. The van der Waals surface area contributed by atoms with Crippen molar-refractivity contribution in [1.29, 1.82) is 0 Å². The van der Waals surface area contributed by atoms with E-state index in [1.54, 1.807) is 0 Å². The third-order valence-corrected chi connectivity index (χ3v) is 2.13. The molecule has 104 valence electrons. The van der Waals surface area contributed by atoms with Gasteiger partial charge in [-0.25, -0.2) is 0 Å². The third-order valence-electron chi connectivity index (χ3n) is 2.13. The van der Waals surface area contributed by atoms with Crippen LogP contribution in [-0.4, -0.2) is 43.8 Å². The minimum absolute atomic E-state index is 0. The summed E-state index contributed by atoms with van der Waals surface area (Å²) in [5, 5.41) is 1.88. The molecule has 1 aliphatic heterocycles. The third kappa shape index (κ3) is 2.94. The van der Waals surface area contributed by atoms with Crippen LogP contribution >= 0.6 is 12.4 Å². The van der Waals surface area contributed by atoms with Crippen LogP contribution in [0.2, 0.25) is 0 Å². The van der Waals surface area contributed by atoms with E-state index in [2.05, 4.69) is 4.74 Å². The highest BCUT2D eigenvalue weighted by Gasteiger charge is 2.75. The molecule has 0 aromatic rings. The van der Waals surface area contributed by atoms with Crippen molar-refractivity contribution in [2.75, 3.05) is 19.8 Å². The second kappa shape index (κ2) is 5.15. The van der Waals surface area contributed by atoms with E-state index in [1.165, 1.54) is 0 Å². The van der Waals surface area contributed by atoms with Gasteiger partial charge in [-0.05, 0) is 0 Å². The topological polar surface area (TPSA) is 21.3 Å². The van der Waals surface area contributed by atoms with E-state index in [9.17, 15) is 30.7 Å². The zero-order valence-corrected chi connectivity index (χ0v) is 8.98. The van der Waals surface area contributed by atoms with Gasteiger partial charge < -0.3 is 10.1 Å². The predicted molar refractivity (Wildman–Crippen MR) is 45.8 cm³/mol. The summed E-state index contributed by atoms with van der Waals surface area (Å²) >= 11 is 0. The lowest BCUT2D eigenvalue weighted by atomic mass is 10.0. The summed E-state index contributed by atoms with van der Waals surface area (Å²) in [6.07, 6.45) is -6.30. The predicted octanol–water partition coefficient (Wildman–Crippen LogP) is 2.23. The Kier molecular flexibility index (Phi) is 5.06. The fourth-order valence-electron chi connectivity index (χ4n) is 1.21. The molecule has 1 fully saturated rings. The first-order valence-electron chi connectivity index (χ1n) is 4.24. The van der Waals surface area contributed by atoms with Crippen LogP contribution in [0, 0.1) is 0 Å². The van der Waals surface area contributed by atoms with Crippen molar-refractivity contribution in [3.63, 3.8) is 0 Å². The minimum atomic E-state index is -6.30. The maximum atomic E-state index is 13.0. The van der Waals surface area contributed by atoms with E-state index in [0.29, 0.717) is 0 Å². The van der Waals surface area contributed by atoms with Crippen molar-refractivity contribution >= 4 is 12.4 Å². The largest absolute Gasteiger partial charge is 0.459 e. The lowest BCUT2D eigenvalue weighted by molar-refractivity contribution is -0.362. The molecule has 17 heavy (non-hydrogen) atoms. The van der Waals surface area contributed by atoms with Gasteiger partial charge >= 0.3 is 18.0 Å². The lowest BCUT2D eigenvalue weighted by Gasteiger charge is -2.36. The SMILES string of the molecule is Cl.FC(F)(F)C(F)(F)C(F)(F)[C@@H]1COCCN1. The average molecular weight is 292 g/mol. The molecule has 0 aromatic heterocycles. The quantitative estimate of drug-likeness (QED) is 0.788. The number of alkyl halides is 7.